The zero-order chi connectivity index (χ0) is 16.1. The summed E-state index contributed by atoms with van der Waals surface area (Å²) in [6, 6.07) is 0. The maximum atomic E-state index is 13.6. The lowest BCUT2D eigenvalue weighted by Crippen LogP contribution is -2.44. The fraction of sp³-hybridized carbons (Fsp3) is 0.571. The number of fused-ring (bicyclic) bond motifs is 2. The van der Waals surface area contributed by atoms with E-state index in [0.717, 1.165) is 34.9 Å². The van der Waals surface area contributed by atoms with Crippen LogP contribution in [-0.4, -0.2) is 35.1 Å². The molecule has 9 heteroatoms. The molecule has 2 N–H and O–H groups in total. The third kappa shape index (κ3) is 2.38. The number of aromatic amines is 1. The van der Waals surface area contributed by atoms with Gasteiger partial charge in [-0.25, -0.2) is 0 Å². The van der Waals surface area contributed by atoms with Crippen LogP contribution in [0.15, 0.2) is 6.20 Å². The van der Waals surface area contributed by atoms with Gasteiger partial charge in [-0.1, -0.05) is 5.21 Å². The number of halogens is 3. The molecule has 0 amide bonds. The number of ether oxygens (including phenoxy) is 1. The molecule has 0 aliphatic carbocycles. The molecule has 5 nitrogen and oxygen atoms in total. The molecule has 1 unspecified atom stereocenters. The van der Waals surface area contributed by atoms with Gasteiger partial charge < -0.3 is 10.1 Å². The lowest BCUT2D eigenvalue weighted by Gasteiger charge is -2.40. The molecule has 0 bridgehead atoms. The summed E-state index contributed by atoms with van der Waals surface area (Å²) < 4.78 is 46.7. The first kappa shape index (κ1) is 15.1. The lowest BCUT2D eigenvalue weighted by atomic mass is 9.91. The highest BCUT2D eigenvalue weighted by molar-refractivity contribution is 7.13. The molecule has 2 aromatic rings. The molecular weight excluding hydrogens is 330 g/mol. The van der Waals surface area contributed by atoms with Gasteiger partial charge in [-0.2, -0.15) is 13.2 Å². The number of piperidine rings is 1. The highest BCUT2D eigenvalue weighted by atomic mass is 32.1. The molecule has 2 aliphatic heterocycles. The minimum absolute atomic E-state index is 0.174. The van der Waals surface area contributed by atoms with Gasteiger partial charge in [0.15, 0.2) is 0 Å². The molecule has 0 saturated carbocycles. The van der Waals surface area contributed by atoms with E-state index in [1.165, 1.54) is 6.20 Å². The predicted molar refractivity (Wildman–Crippen MR) is 78.1 cm³/mol. The Labute approximate surface area is 134 Å². The van der Waals surface area contributed by atoms with Crippen molar-refractivity contribution in [2.45, 2.75) is 31.0 Å². The molecule has 0 radical (unpaired) electrons. The van der Waals surface area contributed by atoms with Crippen LogP contribution >= 0.6 is 11.3 Å². The van der Waals surface area contributed by atoms with Crippen molar-refractivity contribution < 1.29 is 17.9 Å². The molecule has 23 heavy (non-hydrogen) atoms. The summed E-state index contributed by atoms with van der Waals surface area (Å²) >= 11 is 0.813. The highest BCUT2D eigenvalue weighted by Crippen LogP contribution is 2.52. The highest BCUT2D eigenvalue weighted by Gasteiger charge is 2.47. The maximum Gasteiger partial charge on any atom is 0.426 e. The maximum absolute atomic E-state index is 13.6. The zero-order valence-corrected chi connectivity index (χ0v) is 13.0. The zero-order valence-electron chi connectivity index (χ0n) is 12.2. The van der Waals surface area contributed by atoms with Gasteiger partial charge in [-0.3, -0.25) is 5.10 Å². The summed E-state index contributed by atoms with van der Waals surface area (Å²) in [5, 5.41) is 13.1. The molecule has 0 aromatic carbocycles. The molecule has 1 spiro atoms. The Morgan fingerprint density at radius 2 is 2.04 bits per heavy atom. The van der Waals surface area contributed by atoms with Crippen LogP contribution in [0, 0.1) is 0 Å². The monoisotopic (exact) mass is 345 g/mol. The van der Waals surface area contributed by atoms with E-state index in [2.05, 4.69) is 20.7 Å². The largest absolute Gasteiger partial charge is 0.426 e. The van der Waals surface area contributed by atoms with E-state index in [0.29, 0.717) is 25.9 Å². The summed E-state index contributed by atoms with van der Waals surface area (Å²) in [6.07, 6.45) is -1.14. The van der Waals surface area contributed by atoms with E-state index in [1.807, 2.05) is 0 Å². The number of thiophene rings is 1. The lowest BCUT2D eigenvalue weighted by molar-refractivity contribution is -0.133. The van der Waals surface area contributed by atoms with E-state index < -0.39 is 16.7 Å². The van der Waals surface area contributed by atoms with E-state index in [4.69, 9.17) is 4.74 Å². The van der Waals surface area contributed by atoms with Gasteiger partial charge in [0.2, 0.25) is 0 Å². The van der Waals surface area contributed by atoms with Crippen molar-refractivity contribution >= 4 is 11.3 Å². The summed E-state index contributed by atoms with van der Waals surface area (Å²) in [7, 11) is 0. The fourth-order valence-corrected chi connectivity index (χ4v) is 4.91. The summed E-state index contributed by atoms with van der Waals surface area (Å²) in [5.74, 6) is 0. The van der Waals surface area contributed by atoms with Gasteiger partial charge in [0.25, 0.3) is 0 Å². The van der Waals surface area contributed by atoms with Gasteiger partial charge in [-0.15, -0.1) is 16.4 Å². The average molecular weight is 345 g/mol. The molecular formula is C14H15F3N4OS. The van der Waals surface area contributed by atoms with Crippen LogP contribution in [0.4, 0.5) is 13.2 Å². The third-order valence-corrected chi connectivity index (χ3v) is 5.96. The van der Waals surface area contributed by atoms with Crippen LogP contribution in [0.25, 0.3) is 11.3 Å². The van der Waals surface area contributed by atoms with Crippen LogP contribution in [-0.2, 0) is 22.9 Å². The standard InChI is InChI=1S/C14H15F3N4OS/c15-14(16,17)12-10(9-7-19-21-20-9)8-1-6-22-13(11(8)23-12)2-4-18-5-3-13/h7,18H,1-6H2,(H,19,20,21)/i2+1. The molecule has 1 saturated heterocycles. The number of hydrogen-bond donors (Lipinski definition) is 2. The Morgan fingerprint density at radius 1 is 1.26 bits per heavy atom. The molecule has 1 atom stereocenters. The molecule has 2 aromatic heterocycles. The molecule has 124 valence electrons. The van der Waals surface area contributed by atoms with Gasteiger partial charge in [0.05, 0.1) is 12.8 Å². The number of H-pyrrole nitrogens is 1. The fourth-order valence-electron chi connectivity index (χ4n) is 3.48. The van der Waals surface area contributed by atoms with Crippen LogP contribution in [0.5, 0.6) is 0 Å². The van der Waals surface area contributed by atoms with E-state index >= 15 is 0 Å². The van der Waals surface area contributed by atoms with Gasteiger partial charge in [-0.05, 0) is 37.9 Å². The normalized spacial score (nSPS) is 24.8. The predicted octanol–water partition coefficient (Wildman–Crippen LogP) is 2.70. The van der Waals surface area contributed by atoms with Crippen molar-refractivity contribution in [3.63, 3.8) is 0 Å². The minimum atomic E-state index is -4.41. The number of hydrogen-bond acceptors (Lipinski definition) is 5. The molecule has 4 rings (SSSR count). The van der Waals surface area contributed by atoms with Crippen LogP contribution in [0.3, 0.4) is 0 Å². The second-order valence-corrected chi connectivity index (χ2v) is 6.83. The van der Waals surface area contributed by atoms with Crippen LogP contribution in [0.2, 0.25) is 0 Å². The minimum Gasteiger partial charge on any atom is -0.369 e. The van der Waals surface area contributed by atoms with Crippen molar-refractivity contribution in [1.82, 2.24) is 20.7 Å². The Kier molecular flexibility index (Phi) is 3.47. The van der Waals surface area contributed by atoms with E-state index in [-0.39, 0.29) is 11.3 Å². The van der Waals surface area contributed by atoms with Crippen molar-refractivity contribution in [3.05, 3.63) is 21.5 Å². The van der Waals surface area contributed by atoms with Crippen molar-refractivity contribution in [1.29, 1.82) is 0 Å². The van der Waals surface area contributed by atoms with Crippen LogP contribution in [0.1, 0.15) is 28.2 Å². The summed E-state index contributed by atoms with van der Waals surface area (Å²) in [5.41, 5.74) is 0.559. The SMILES string of the molecule is FC(F)(F)c1sc2c(c1-c1c[nH]nn1)CCOC21CCNC[13CH2]1. The summed E-state index contributed by atoms with van der Waals surface area (Å²) in [4.78, 5) is 0.121. The average Bonchev–Trinajstić information content (AvgIpc) is 3.14. The Morgan fingerprint density at radius 3 is 2.70 bits per heavy atom. The Bertz CT molecular complexity index is 704. The quantitative estimate of drug-likeness (QED) is 0.780. The third-order valence-electron chi connectivity index (χ3n) is 4.49. The number of nitrogens with one attached hydrogen (secondary N) is 2. The van der Waals surface area contributed by atoms with Gasteiger partial charge in [0.1, 0.15) is 16.2 Å². The molecule has 2 aliphatic rings. The molecule has 4 heterocycles. The number of aromatic nitrogens is 3. The topological polar surface area (TPSA) is 62.8 Å². The van der Waals surface area contributed by atoms with Crippen molar-refractivity contribution in [2.24, 2.45) is 0 Å². The van der Waals surface area contributed by atoms with E-state index in [1.54, 1.807) is 0 Å². The number of rotatable bonds is 1. The van der Waals surface area contributed by atoms with Crippen LogP contribution < -0.4 is 5.32 Å². The van der Waals surface area contributed by atoms with Crippen molar-refractivity contribution in [3.8, 4) is 11.3 Å². The first-order chi connectivity index (χ1) is 11.0. The molecule has 1 fully saturated rings. The first-order valence-corrected chi connectivity index (χ1v) is 8.28. The second kappa shape index (κ2) is 5.29. The van der Waals surface area contributed by atoms with Gasteiger partial charge >= 0.3 is 6.18 Å². The number of alkyl halides is 3. The first-order valence-electron chi connectivity index (χ1n) is 7.46. The smallest absolute Gasteiger partial charge is 0.369 e. The number of nitrogens with zero attached hydrogens (tertiary/aromatic N) is 2. The Balaban J connectivity index is 1.93. The van der Waals surface area contributed by atoms with Gasteiger partial charge in [0, 0.05) is 10.4 Å². The Hall–Kier alpha value is -1.45. The van der Waals surface area contributed by atoms with Crippen molar-refractivity contribution in [2.75, 3.05) is 19.7 Å². The summed E-state index contributed by atoms with van der Waals surface area (Å²) in [6.45, 7) is 1.93. The van der Waals surface area contributed by atoms with E-state index in [9.17, 15) is 13.2 Å². The second-order valence-electron chi connectivity index (χ2n) is 5.81.